The van der Waals surface area contributed by atoms with Crippen molar-refractivity contribution in [3.05, 3.63) is 33.9 Å². The Balaban J connectivity index is 2.15. The first-order chi connectivity index (χ1) is 11.7. The number of unbranched alkanes of at least 4 members (excludes halogenated alkanes) is 9. The fraction of sp³-hybridized carbons (Fsp3) is 0.632. The predicted molar refractivity (Wildman–Crippen MR) is 100 cm³/mol. The van der Waals surface area contributed by atoms with Crippen LogP contribution in [0.1, 0.15) is 76.7 Å². The summed E-state index contributed by atoms with van der Waals surface area (Å²) in [6, 6.07) is 6.65. The van der Waals surface area contributed by atoms with Gasteiger partial charge in [0, 0.05) is 6.07 Å². The average molecular weight is 349 g/mol. The molecule has 1 rings (SSSR count). The molecular weight excluding hydrogens is 320 g/mol. The molecule has 132 valence electrons. The molecule has 0 saturated heterocycles. The van der Waals surface area contributed by atoms with Gasteiger partial charge in [-0.1, -0.05) is 64.7 Å². The molecule has 0 unspecified atom stereocenters. The average Bonchev–Trinajstić information content (AvgIpc) is 2.59. The van der Waals surface area contributed by atoms with Crippen LogP contribution >= 0.6 is 11.8 Å². The first-order valence-corrected chi connectivity index (χ1v) is 9.99. The molecule has 4 nitrogen and oxygen atoms in total. The van der Waals surface area contributed by atoms with E-state index in [4.69, 9.17) is 5.26 Å². The number of benzene rings is 1. The Morgan fingerprint density at radius 2 is 1.62 bits per heavy atom. The number of thioether (sulfide) groups is 1. The van der Waals surface area contributed by atoms with E-state index in [9.17, 15) is 10.1 Å². The lowest BCUT2D eigenvalue weighted by molar-refractivity contribution is -0.387. The van der Waals surface area contributed by atoms with Crippen LogP contribution in [0.3, 0.4) is 0 Å². The van der Waals surface area contributed by atoms with Gasteiger partial charge in [0.25, 0.3) is 5.69 Å². The SMILES string of the molecule is CCCCCCCCCCCCSc1ccc(C#N)cc1[N+](=O)[O-]. The largest absolute Gasteiger partial charge is 0.284 e. The van der Waals surface area contributed by atoms with E-state index in [1.54, 1.807) is 12.1 Å². The van der Waals surface area contributed by atoms with E-state index in [1.807, 2.05) is 6.07 Å². The molecular formula is C19H28N2O2S. The van der Waals surface area contributed by atoms with Gasteiger partial charge in [-0.25, -0.2) is 0 Å². The Bertz CT molecular complexity index is 541. The first-order valence-electron chi connectivity index (χ1n) is 9.00. The Morgan fingerprint density at radius 3 is 2.17 bits per heavy atom. The Kier molecular flexibility index (Phi) is 11.0. The van der Waals surface area contributed by atoms with Gasteiger partial charge in [0.1, 0.15) is 0 Å². The standard InChI is InChI=1S/C19H28N2O2S/c1-2-3-4-5-6-7-8-9-10-11-14-24-19-13-12-17(16-20)15-18(19)21(22)23/h12-13,15H,2-11,14H2,1H3. The van der Waals surface area contributed by atoms with Crippen LogP contribution < -0.4 is 0 Å². The highest BCUT2D eigenvalue weighted by atomic mass is 32.2. The molecule has 0 amide bonds. The summed E-state index contributed by atoms with van der Waals surface area (Å²) in [4.78, 5) is 11.3. The molecule has 0 fully saturated rings. The summed E-state index contributed by atoms with van der Waals surface area (Å²) >= 11 is 1.52. The number of nitrogens with zero attached hydrogens (tertiary/aromatic N) is 2. The van der Waals surface area contributed by atoms with Crippen LogP contribution in [0.15, 0.2) is 23.1 Å². The highest BCUT2D eigenvalue weighted by Gasteiger charge is 2.14. The quantitative estimate of drug-likeness (QED) is 0.177. The number of nitriles is 1. The highest BCUT2D eigenvalue weighted by Crippen LogP contribution is 2.30. The lowest BCUT2D eigenvalue weighted by Gasteiger charge is -2.04. The maximum atomic E-state index is 11.1. The fourth-order valence-electron chi connectivity index (χ4n) is 2.62. The molecule has 1 aromatic rings. The van der Waals surface area contributed by atoms with E-state index in [-0.39, 0.29) is 5.69 Å². The van der Waals surface area contributed by atoms with Crippen molar-refractivity contribution in [2.75, 3.05) is 5.75 Å². The highest BCUT2D eigenvalue weighted by molar-refractivity contribution is 7.99. The van der Waals surface area contributed by atoms with Gasteiger partial charge in [0.2, 0.25) is 0 Å². The van der Waals surface area contributed by atoms with E-state index >= 15 is 0 Å². The molecule has 0 aliphatic heterocycles. The molecule has 0 saturated carbocycles. The maximum Gasteiger partial charge on any atom is 0.284 e. The minimum Gasteiger partial charge on any atom is -0.258 e. The van der Waals surface area contributed by atoms with Crippen molar-refractivity contribution in [3.63, 3.8) is 0 Å². The smallest absolute Gasteiger partial charge is 0.258 e. The van der Waals surface area contributed by atoms with Gasteiger partial charge in [-0.15, -0.1) is 11.8 Å². The summed E-state index contributed by atoms with van der Waals surface area (Å²) in [5.74, 6) is 0.892. The van der Waals surface area contributed by atoms with Crippen LogP contribution in [0.5, 0.6) is 0 Å². The zero-order valence-electron chi connectivity index (χ0n) is 14.6. The lowest BCUT2D eigenvalue weighted by atomic mass is 10.1. The minimum absolute atomic E-state index is 0.0473. The van der Waals surface area contributed by atoms with Gasteiger partial charge in [-0.2, -0.15) is 5.26 Å². The van der Waals surface area contributed by atoms with Crippen LogP contribution in [-0.4, -0.2) is 10.7 Å². The Hall–Kier alpha value is -1.54. The molecule has 0 bridgehead atoms. The maximum absolute atomic E-state index is 11.1. The number of nitro groups is 1. The molecule has 0 aromatic heterocycles. The van der Waals surface area contributed by atoms with E-state index in [1.165, 1.54) is 75.6 Å². The molecule has 5 heteroatoms. The summed E-state index contributed by atoms with van der Waals surface area (Å²) < 4.78 is 0. The van der Waals surface area contributed by atoms with Gasteiger partial charge >= 0.3 is 0 Å². The third kappa shape index (κ3) is 8.35. The monoisotopic (exact) mass is 348 g/mol. The molecule has 0 N–H and O–H groups in total. The summed E-state index contributed by atoms with van der Waals surface area (Å²) in [5, 5.41) is 19.9. The summed E-state index contributed by atoms with van der Waals surface area (Å²) in [7, 11) is 0. The summed E-state index contributed by atoms with van der Waals surface area (Å²) in [6.45, 7) is 2.24. The second kappa shape index (κ2) is 12.8. The zero-order valence-corrected chi connectivity index (χ0v) is 15.4. The van der Waals surface area contributed by atoms with Crippen molar-refractivity contribution in [1.82, 2.24) is 0 Å². The molecule has 1 aromatic carbocycles. The third-order valence-electron chi connectivity index (χ3n) is 4.04. The van der Waals surface area contributed by atoms with Crippen LogP contribution in [0, 0.1) is 21.4 Å². The van der Waals surface area contributed by atoms with Crippen molar-refractivity contribution in [2.45, 2.75) is 76.0 Å². The van der Waals surface area contributed by atoms with Crippen LogP contribution in [-0.2, 0) is 0 Å². The molecule has 0 aliphatic carbocycles. The summed E-state index contributed by atoms with van der Waals surface area (Å²) in [5.41, 5.74) is 0.385. The molecule has 0 aliphatic rings. The number of hydrogen-bond acceptors (Lipinski definition) is 4. The molecule has 0 radical (unpaired) electrons. The van der Waals surface area contributed by atoms with Crippen molar-refractivity contribution < 1.29 is 4.92 Å². The topological polar surface area (TPSA) is 66.9 Å². The predicted octanol–water partition coefficient (Wildman–Crippen LogP) is 6.48. The number of rotatable bonds is 13. The lowest BCUT2D eigenvalue weighted by Crippen LogP contribution is -1.93. The Labute approximate surface area is 149 Å². The van der Waals surface area contributed by atoms with Crippen LogP contribution in [0.2, 0.25) is 0 Å². The third-order valence-corrected chi connectivity index (χ3v) is 5.19. The van der Waals surface area contributed by atoms with Crippen molar-refractivity contribution >= 4 is 17.4 Å². The van der Waals surface area contributed by atoms with Gasteiger partial charge < -0.3 is 0 Å². The number of hydrogen-bond donors (Lipinski definition) is 0. The van der Waals surface area contributed by atoms with Gasteiger partial charge in [-0.05, 0) is 24.3 Å². The number of nitro benzene ring substituents is 1. The van der Waals surface area contributed by atoms with Crippen LogP contribution in [0.4, 0.5) is 5.69 Å². The minimum atomic E-state index is -0.401. The first kappa shape index (κ1) is 20.5. The summed E-state index contributed by atoms with van der Waals surface area (Å²) in [6.07, 6.45) is 12.9. The van der Waals surface area contributed by atoms with Crippen molar-refractivity contribution in [3.8, 4) is 6.07 Å². The van der Waals surface area contributed by atoms with Gasteiger partial charge in [-0.3, -0.25) is 10.1 Å². The zero-order chi connectivity index (χ0) is 17.6. The molecule has 24 heavy (non-hydrogen) atoms. The van der Waals surface area contributed by atoms with Gasteiger partial charge in [0.15, 0.2) is 0 Å². The molecule has 0 atom stereocenters. The Morgan fingerprint density at radius 1 is 1.04 bits per heavy atom. The van der Waals surface area contributed by atoms with Crippen molar-refractivity contribution in [1.29, 1.82) is 5.26 Å². The van der Waals surface area contributed by atoms with E-state index in [0.717, 1.165) is 12.2 Å². The van der Waals surface area contributed by atoms with E-state index in [2.05, 4.69) is 6.92 Å². The van der Waals surface area contributed by atoms with Crippen LogP contribution in [0.25, 0.3) is 0 Å². The fourth-order valence-corrected chi connectivity index (χ4v) is 3.64. The second-order valence-electron chi connectivity index (χ2n) is 6.08. The van der Waals surface area contributed by atoms with E-state index < -0.39 is 4.92 Å². The van der Waals surface area contributed by atoms with Gasteiger partial charge in [0.05, 0.1) is 21.5 Å². The van der Waals surface area contributed by atoms with E-state index in [0.29, 0.717) is 10.5 Å². The normalized spacial score (nSPS) is 10.5. The molecule has 0 heterocycles. The second-order valence-corrected chi connectivity index (χ2v) is 7.22. The van der Waals surface area contributed by atoms with Crippen molar-refractivity contribution in [2.24, 2.45) is 0 Å². The molecule has 0 spiro atoms.